The summed E-state index contributed by atoms with van der Waals surface area (Å²) in [4.78, 5) is 0. The Balaban J connectivity index is 2.15. The van der Waals surface area contributed by atoms with Gasteiger partial charge in [0.25, 0.3) is 0 Å². The van der Waals surface area contributed by atoms with Crippen LogP contribution >= 0.6 is 11.3 Å². The fourth-order valence-corrected chi connectivity index (χ4v) is 1.17. The van der Waals surface area contributed by atoms with Crippen molar-refractivity contribution in [1.29, 1.82) is 0 Å². The number of ether oxygens (including phenoxy) is 2. The lowest BCUT2D eigenvalue weighted by Gasteiger charge is -1.98. The molecule has 0 amide bonds. The molecule has 0 aliphatic heterocycles. The van der Waals surface area contributed by atoms with Crippen molar-refractivity contribution in [3.05, 3.63) is 5.01 Å². The maximum Gasteiger partial charge on any atom is 0.203 e. The summed E-state index contributed by atoms with van der Waals surface area (Å²) in [6.45, 7) is 1.61. The number of hydrogen-bond donors (Lipinski definition) is 1. The van der Waals surface area contributed by atoms with E-state index in [-0.39, 0.29) is 0 Å². The summed E-state index contributed by atoms with van der Waals surface area (Å²) in [6.07, 6.45) is 0. The maximum absolute atomic E-state index is 5.37. The second-order valence-electron chi connectivity index (χ2n) is 2.08. The molecule has 5 nitrogen and oxygen atoms in total. The largest absolute Gasteiger partial charge is 0.382 e. The molecule has 0 aliphatic carbocycles. The fourth-order valence-electron chi connectivity index (χ4n) is 0.627. The van der Waals surface area contributed by atoms with E-state index in [0.29, 0.717) is 25.0 Å². The molecule has 0 aromatic carbocycles. The van der Waals surface area contributed by atoms with Gasteiger partial charge >= 0.3 is 0 Å². The maximum atomic E-state index is 5.37. The minimum atomic E-state index is 0.457. The Labute approximate surface area is 74.5 Å². The molecule has 0 radical (unpaired) electrons. The highest BCUT2D eigenvalue weighted by Crippen LogP contribution is 2.11. The van der Waals surface area contributed by atoms with E-state index in [4.69, 9.17) is 15.2 Å². The molecule has 0 saturated heterocycles. The minimum absolute atomic E-state index is 0.457. The highest BCUT2D eigenvalue weighted by Gasteiger charge is 1.99. The first-order valence-electron chi connectivity index (χ1n) is 3.47. The molecular formula is C6H11N3O2S. The standard InChI is InChI=1S/C6H11N3O2S/c1-10-2-3-11-4-5-8-9-6(7)12-5/h2-4H2,1H3,(H2,7,9). The van der Waals surface area contributed by atoms with Crippen molar-refractivity contribution in [1.82, 2.24) is 10.2 Å². The Hall–Kier alpha value is -0.720. The molecule has 0 saturated carbocycles. The predicted molar refractivity (Wildman–Crippen MR) is 45.9 cm³/mol. The number of anilines is 1. The average molecular weight is 189 g/mol. The Kier molecular flexibility index (Phi) is 3.92. The molecular weight excluding hydrogens is 178 g/mol. The van der Waals surface area contributed by atoms with Crippen LogP contribution in [0.1, 0.15) is 5.01 Å². The summed E-state index contributed by atoms with van der Waals surface area (Å²) in [5.74, 6) is 0. The van der Waals surface area contributed by atoms with Crippen LogP contribution in [0.2, 0.25) is 0 Å². The van der Waals surface area contributed by atoms with Gasteiger partial charge in [-0.3, -0.25) is 0 Å². The van der Waals surface area contributed by atoms with Crippen LogP contribution in [0.15, 0.2) is 0 Å². The average Bonchev–Trinajstić information content (AvgIpc) is 2.45. The molecule has 6 heteroatoms. The Bertz CT molecular complexity index is 228. The van der Waals surface area contributed by atoms with Crippen LogP contribution in [0.5, 0.6) is 0 Å². The molecule has 1 heterocycles. The Morgan fingerprint density at radius 2 is 2.25 bits per heavy atom. The molecule has 0 spiro atoms. The topological polar surface area (TPSA) is 70.3 Å². The lowest BCUT2D eigenvalue weighted by atomic mass is 10.7. The van der Waals surface area contributed by atoms with Crippen LogP contribution in [0, 0.1) is 0 Å². The van der Waals surface area contributed by atoms with E-state index in [0.717, 1.165) is 5.01 Å². The summed E-state index contributed by atoms with van der Waals surface area (Å²) in [5, 5.41) is 8.71. The van der Waals surface area contributed by atoms with Gasteiger partial charge in [-0.15, -0.1) is 10.2 Å². The van der Waals surface area contributed by atoms with Crippen molar-refractivity contribution >= 4 is 16.5 Å². The van der Waals surface area contributed by atoms with E-state index in [1.54, 1.807) is 7.11 Å². The van der Waals surface area contributed by atoms with Crippen LogP contribution in [0.3, 0.4) is 0 Å². The van der Waals surface area contributed by atoms with Gasteiger partial charge in [0, 0.05) is 7.11 Å². The molecule has 2 N–H and O–H groups in total. The van der Waals surface area contributed by atoms with Gasteiger partial charge in [-0.1, -0.05) is 11.3 Å². The second kappa shape index (κ2) is 5.02. The van der Waals surface area contributed by atoms with E-state index in [2.05, 4.69) is 10.2 Å². The number of methoxy groups -OCH3 is 1. The van der Waals surface area contributed by atoms with Crippen LogP contribution in [0.25, 0.3) is 0 Å². The number of nitrogens with two attached hydrogens (primary N) is 1. The molecule has 1 aromatic rings. The monoisotopic (exact) mass is 189 g/mol. The lowest BCUT2D eigenvalue weighted by Crippen LogP contribution is -2.01. The number of hydrogen-bond acceptors (Lipinski definition) is 6. The fraction of sp³-hybridized carbons (Fsp3) is 0.667. The molecule has 12 heavy (non-hydrogen) atoms. The zero-order valence-electron chi connectivity index (χ0n) is 6.82. The summed E-state index contributed by atoms with van der Waals surface area (Å²) < 4.78 is 10.0. The Morgan fingerprint density at radius 3 is 2.83 bits per heavy atom. The quantitative estimate of drug-likeness (QED) is 0.674. The number of rotatable bonds is 5. The summed E-state index contributed by atoms with van der Waals surface area (Å²) >= 11 is 1.34. The molecule has 0 fully saturated rings. The predicted octanol–water partition coefficient (Wildman–Crippen LogP) is 0.283. The SMILES string of the molecule is COCCOCc1nnc(N)s1. The zero-order chi connectivity index (χ0) is 8.81. The van der Waals surface area contributed by atoms with Gasteiger partial charge in [-0.2, -0.15) is 0 Å². The first-order chi connectivity index (χ1) is 5.83. The summed E-state index contributed by atoms with van der Waals surface area (Å²) in [7, 11) is 1.63. The lowest BCUT2D eigenvalue weighted by molar-refractivity contribution is 0.0613. The number of aromatic nitrogens is 2. The zero-order valence-corrected chi connectivity index (χ0v) is 7.63. The van der Waals surface area contributed by atoms with Crippen molar-refractivity contribution in [2.24, 2.45) is 0 Å². The molecule has 0 bridgehead atoms. The van der Waals surface area contributed by atoms with Crippen molar-refractivity contribution in [2.45, 2.75) is 6.61 Å². The van der Waals surface area contributed by atoms with Gasteiger partial charge in [-0.25, -0.2) is 0 Å². The van der Waals surface area contributed by atoms with Gasteiger partial charge in [0.05, 0.1) is 13.2 Å². The van der Waals surface area contributed by atoms with E-state index >= 15 is 0 Å². The third-order valence-electron chi connectivity index (χ3n) is 1.14. The van der Waals surface area contributed by atoms with Crippen LogP contribution < -0.4 is 5.73 Å². The smallest absolute Gasteiger partial charge is 0.203 e. The van der Waals surface area contributed by atoms with Gasteiger partial charge in [0.1, 0.15) is 11.6 Å². The third-order valence-corrected chi connectivity index (χ3v) is 1.87. The first kappa shape index (κ1) is 9.37. The Morgan fingerprint density at radius 1 is 1.42 bits per heavy atom. The van der Waals surface area contributed by atoms with Gasteiger partial charge in [-0.05, 0) is 0 Å². The molecule has 1 rings (SSSR count). The molecule has 68 valence electrons. The van der Waals surface area contributed by atoms with Crippen LogP contribution in [0.4, 0.5) is 5.13 Å². The molecule has 0 aliphatic rings. The molecule has 0 unspecified atom stereocenters. The normalized spacial score (nSPS) is 10.4. The minimum Gasteiger partial charge on any atom is -0.382 e. The van der Waals surface area contributed by atoms with Crippen molar-refractivity contribution in [2.75, 3.05) is 26.1 Å². The van der Waals surface area contributed by atoms with Gasteiger partial charge < -0.3 is 15.2 Å². The van der Waals surface area contributed by atoms with Crippen molar-refractivity contribution in [3.8, 4) is 0 Å². The highest BCUT2D eigenvalue weighted by molar-refractivity contribution is 7.15. The van der Waals surface area contributed by atoms with Crippen LogP contribution in [-0.2, 0) is 16.1 Å². The number of nitrogens with zero attached hydrogens (tertiary/aromatic N) is 2. The van der Waals surface area contributed by atoms with Gasteiger partial charge in [0.2, 0.25) is 5.13 Å². The van der Waals surface area contributed by atoms with E-state index in [1.807, 2.05) is 0 Å². The first-order valence-corrected chi connectivity index (χ1v) is 4.29. The van der Waals surface area contributed by atoms with Crippen molar-refractivity contribution < 1.29 is 9.47 Å². The highest BCUT2D eigenvalue weighted by atomic mass is 32.1. The molecule has 0 atom stereocenters. The summed E-state index contributed by atoms with van der Waals surface area (Å²) in [6, 6.07) is 0. The summed E-state index contributed by atoms with van der Waals surface area (Å²) in [5.41, 5.74) is 5.37. The number of nitrogen functional groups attached to an aromatic ring is 1. The van der Waals surface area contributed by atoms with Crippen LogP contribution in [-0.4, -0.2) is 30.5 Å². The van der Waals surface area contributed by atoms with Gasteiger partial charge in [0.15, 0.2) is 0 Å². The van der Waals surface area contributed by atoms with E-state index in [1.165, 1.54) is 11.3 Å². The van der Waals surface area contributed by atoms with Crippen molar-refractivity contribution in [3.63, 3.8) is 0 Å². The molecule has 1 aromatic heterocycles. The van der Waals surface area contributed by atoms with E-state index in [9.17, 15) is 0 Å². The third kappa shape index (κ3) is 3.12. The van der Waals surface area contributed by atoms with E-state index < -0.39 is 0 Å². The second-order valence-corrected chi connectivity index (χ2v) is 3.17.